The van der Waals surface area contributed by atoms with Gasteiger partial charge in [-0.15, -0.1) is 0 Å². The number of carbonyl (C=O) groups is 2. The number of esters is 2. The van der Waals surface area contributed by atoms with Crippen LogP contribution in [0.2, 0.25) is 0 Å². The average Bonchev–Trinajstić information content (AvgIpc) is 2.35. The topological polar surface area (TPSA) is 52.6 Å². The molecule has 17 heavy (non-hydrogen) atoms. The molecule has 0 radical (unpaired) electrons. The van der Waals surface area contributed by atoms with Crippen LogP contribution in [0.1, 0.15) is 23.5 Å². The maximum atomic E-state index is 11.7. The molecule has 0 aliphatic heterocycles. The molecule has 0 saturated heterocycles. The Bertz CT molecular complexity index is 412. The van der Waals surface area contributed by atoms with Crippen molar-refractivity contribution < 1.29 is 19.1 Å². The summed E-state index contributed by atoms with van der Waals surface area (Å²) in [4.78, 5) is 23.0. The van der Waals surface area contributed by atoms with Gasteiger partial charge >= 0.3 is 11.9 Å². The summed E-state index contributed by atoms with van der Waals surface area (Å²) < 4.78 is 9.31. The van der Waals surface area contributed by atoms with Crippen LogP contribution < -0.4 is 0 Å². The molecule has 0 bridgehead atoms. The molecule has 1 rings (SSSR count). The van der Waals surface area contributed by atoms with Crippen molar-refractivity contribution >= 4 is 11.9 Å². The highest BCUT2D eigenvalue weighted by molar-refractivity contribution is 5.84. The fourth-order valence-corrected chi connectivity index (χ4v) is 1.69. The Labute approximate surface area is 101 Å². The van der Waals surface area contributed by atoms with E-state index in [-0.39, 0.29) is 6.42 Å². The molecule has 0 fully saturated rings. The van der Waals surface area contributed by atoms with E-state index in [1.165, 1.54) is 14.2 Å². The number of benzene rings is 1. The van der Waals surface area contributed by atoms with E-state index in [1.54, 1.807) is 0 Å². The molecule has 1 unspecified atom stereocenters. The zero-order valence-corrected chi connectivity index (χ0v) is 10.2. The number of hydrogen-bond donors (Lipinski definition) is 0. The average molecular weight is 236 g/mol. The van der Waals surface area contributed by atoms with Gasteiger partial charge in [0.1, 0.15) is 0 Å². The maximum Gasteiger partial charge on any atom is 0.313 e. The van der Waals surface area contributed by atoms with Gasteiger partial charge in [0.05, 0.1) is 26.6 Å². The highest BCUT2D eigenvalue weighted by Crippen LogP contribution is 2.24. The summed E-state index contributed by atoms with van der Waals surface area (Å²) in [7, 11) is 2.61. The number of aryl methyl sites for hydroxylation is 1. The summed E-state index contributed by atoms with van der Waals surface area (Å²) in [5, 5.41) is 0. The quantitative estimate of drug-likeness (QED) is 0.748. The summed E-state index contributed by atoms with van der Waals surface area (Å²) >= 11 is 0. The number of carbonyl (C=O) groups excluding carboxylic acids is 2. The standard InChI is InChI=1S/C13H16O4/c1-9-6-4-5-7-10(9)11(13(15)17-3)8-12(14)16-2/h4-7,11H,8H2,1-3H3. The normalized spacial score (nSPS) is 11.7. The predicted molar refractivity (Wildman–Crippen MR) is 62.6 cm³/mol. The fraction of sp³-hybridized carbons (Fsp3) is 0.385. The van der Waals surface area contributed by atoms with Crippen molar-refractivity contribution in [1.29, 1.82) is 0 Å². The van der Waals surface area contributed by atoms with E-state index in [9.17, 15) is 9.59 Å². The first-order valence-corrected chi connectivity index (χ1v) is 5.30. The van der Waals surface area contributed by atoms with Crippen LogP contribution in [0.5, 0.6) is 0 Å². The number of hydrogen-bond acceptors (Lipinski definition) is 4. The van der Waals surface area contributed by atoms with E-state index >= 15 is 0 Å². The van der Waals surface area contributed by atoms with Crippen molar-refractivity contribution in [3.63, 3.8) is 0 Å². The lowest BCUT2D eigenvalue weighted by Gasteiger charge is -2.15. The maximum absolute atomic E-state index is 11.7. The molecular formula is C13H16O4. The Hall–Kier alpha value is -1.84. The Morgan fingerprint density at radius 1 is 1.18 bits per heavy atom. The summed E-state index contributed by atoms with van der Waals surface area (Å²) in [5.41, 5.74) is 1.75. The van der Waals surface area contributed by atoms with Crippen LogP contribution in [-0.4, -0.2) is 26.2 Å². The molecule has 4 heteroatoms. The third-order valence-corrected chi connectivity index (χ3v) is 2.65. The highest BCUT2D eigenvalue weighted by Gasteiger charge is 2.26. The Kier molecular flexibility index (Phi) is 4.69. The van der Waals surface area contributed by atoms with Gasteiger partial charge in [-0.25, -0.2) is 0 Å². The minimum Gasteiger partial charge on any atom is -0.469 e. The minimum absolute atomic E-state index is 0.00593. The SMILES string of the molecule is COC(=O)CC(C(=O)OC)c1ccccc1C. The first-order valence-electron chi connectivity index (χ1n) is 5.30. The number of methoxy groups -OCH3 is 2. The Morgan fingerprint density at radius 2 is 1.82 bits per heavy atom. The zero-order valence-electron chi connectivity index (χ0n) is 10.2. The fourth-order valence-electron chi connectivity index (χ4n) is 1.69. The molecule has 4 nitrogen and oxygen atoms in total. The Morgan fingerprint density at radius 3 is 2.35 bits per heavy atom. The molecule has 0 aromatic heterocycles. The molecule has 0 saturated carbocycles. The van der Waals surface area contributed by atoms with Crippen LogP contribution in [0.3, 0.4) is 0 Å². The zero-order chi connectivity index (χ0) is 12.8. The number of rotatable bonds is 4. The predicted octanol–water partition coefficient (Wildman–Crippen LogP) is 1.81. The van der Waals surface area contributed by atoms with Crippen LogP contribution in [0, 0.1) is 6.92 Å². The molecule has 1 aromatic rings. The van der Waals surface area contributed by atoms with Gasteiger partial charge in [0.25, 0.3) is 0 Å². The van der Waals surface area contributed by atoms with Gasteiger partial charge in [-0.1, -0.05) is 24.3 Å². The second-order valence-electron chi connectivity index (χ2n) is 3.71. The lowest BCUT2D eigenvalue weighted by molar-refractivity contribution is -0.149. The van der Waals surface area contributed by atoms with Crippen molar-refractivity contribution in [3.8, 4) is 0 Å². The van der Waals surface area contributed by atoms with Gasteiger partial charge in [0, 0.05) is 0 Å². The molecule has 0 aliphatic rings. The first kappa shape index (κ1) is 13.2. The van der Waals surface area contributed by atoms with Crippen LogP contribution >= 0.6 is 0 Å². The molecular weight excluding hydrogens is 220 g/mol. The number of ether oxygens (including phenoxy) is 2. The monoisotopic (exact) mass is 236 g/mol. The lowest BCUT2D eigenvalue weighted by Crippen LogP contribution is -2.19. The second-order valence-corrected chi connectivity index (χ2v) is 3.71. The van der Waals surface area contributed by atoms with Crippen LogP contribution in [0.4, 0.5) is 0 Å². The van der Waals surface area contributed by atoms with Crippen molar-refractivity contribution in [2.45, 2.75) is 19.3 Å². The summed E-state index contributed by atoms with van der Waals surface area (Å²) in [5.74, 6) is -1.46. The van der Waals surface area contributed by atoms with Gasteiger partial charge in [-0.2, -0.15) is 0 Å². The van der Waals surface area contributed by atoms with Gasteiger partial charge in [0.15, 0.2) is 0 Å². The third kappa shape index (κ3) is 3.31. The van der Waals surface area contributed by atoms with E-state index in [0.29, 0.717) is 0 Å². The molecule has 0 heterocycles. The summed E-state index contributed by atoms with van der Waals surface area (Å²) in [6, 6.07) is 7.42. The van der Waals surface area contributed by atoms with Gasteiger partial charge < -0.3 is 9.47 Å². The second kappa shape index (κ2) is 6.03. The largest absolute Gasteiger partial charge is 0.469 e. The van der Waals surface area contributed by atoms with E-state index in [1.807, 2.05) is 31.2 Å². The summed E-state index contributed by atoms with van der Waals surface area (Å²) in [6.45, 7) is 1.89. The summed E-state index contributed by atoms with van der Waals surface area (Å²) in [6.07, 6.45) is -0.00593. The third-order valence-electron chi connectivity index (χ3n) is 2.65. The molecule has 0 N–H and O–H groups in total. The van der Waals surface area contributed by atoms with E-state index in [4.69, 9.17) is 4.74 Å². The van der Waals surface area contributed by atoms with Gasteiger partial charge in [-0.05, 0) is 18.1 Å². The molecule has 92 valence electrons. The molecule has 1 atom stereocenters. The first-order chi connectivity index (χ1) is 8.10. The molecule has 0 spiro atoms. The lowest BCUT2D eigenvalue weighted by atomic mass is 9.92. The Balaban J connectivity index is 3.02. The minimum atomic E-state index is -0.603. The van der Waals surface area contributed by atoms with Gasteiger partial charge in [0.2, 0.25) is 0 Å². The van der Waals surface area contributed by atoms with Crippen LogP contribution in [0.15, 0.2) is 24.3 Å². The van der Waals surface area contributed by atoms with Crippen LogP contribution in [-0.2, 0) is 19.1 Å². The van der Waals surface area contributed by atoms with E-state index in [0.717, 1.165) is 11.1 Å². The molecule has 0 aliphatic carbocycles. The van der Waals surface area contributed by atoms with E-state index < -0.39 is 17.9 Å². The molecule has 1 aromatic carbocycles. The van der Waals surface area contributed by atoms with Crippen molar-refractivity contribution in [2.75, 3.05) is 14.2 Å². The molecule has 0 amide bonds. The van der Waals surface area contributed by atoms with Crippen molar-refractivity contribution in [1.82, 2.24) is 0 Å². The highest BCUT2D eigenvalue weighted by atomic mass is 16.5. The van der Waals surface area contributed by atoms with Crippen molar-refractivity contribution in [3.05, 3.63) is 35.4 Å². The van der Waals surface area contributed by atoms with E-state index in [2.05, 4.69) is 4.74 Å². The smallest absolute Gasteiger partial charge is 0.313 e. The van der Waals surface area contributed by atoms with Crippen LogP contribution in [0.25, 0.3) is 0 Å². The van der Waals surface area contributed by atoms with Crippen molar-refractivity contribution in [2.24, 2.45) is 0 Å². The van der Waals surface area contributed by atoms with Gasteiger partial charge in [-0.3, -0.25) is 9.59 Å².